The summed E-state index contributed by atoms with van der Waals surface area (Å²) < 4.78 is 34.6. The van der Waals surface area contributed by atoms with Crippen LogP contribution in [0.4, 0.5) is 13.8 Å². The summed E-state index contributed by atoms with van der Waals surface area (Å²) in [4.78, 5) is 13.9. The average molecular weight is 530 g/mol. The summed E-state index contributed by atoms with van der Waals surface area (Å²) >= 11 is 2.67. The lowest BCUT2D eigenvalue weighted by atomic mass is 9.89. The highest BCUT2D eigenvalue weighted by Crippen LogP contribution is 2.39. The Hall–Kier alpha value is -3.23. The van der Waals surface area contributed by atoms with Gasteiger partial charge < -0.3 is 10.1 Å². The highest BCUT2D eigenvalue weighted by atomic mass is 32.2. The Morgan fingerprint density at radius 3 is 3.00 bits per heavy atom. The summed E-state index contributed by atoms with van der Waals surface area (Å²) in [6.45, 7) is 7.97. The van der Waals surface area contributed by atoms with E-state index in [1.165, 1.54) is 34.0 Å². The number of benzene rings is 1. The quantitative estimate of drug-likeness (QED) is 0.284. The fraction of sp³-hybridized carbons (Fsp3) is 0.360. The summed E-state index contributed by atoms with van der Waals surface area (Å²) in [5, 5.41) is 21.9. The second kappa shape index (κ2) is 11.2. The van der Waals surface area contributed by atoms with E-state index in [1.54, 1.807) is 17.6 Å². The van der Waals surface area contributed by atoms with Crippen molar-refractivity contribution in [3.63, 3.8) is 0 Å². The molecule has 0 bridgehead atoms. The maximum absolute atomic E-state index is 14.0. The molecule has 1 aromatic carbocycles. The van der Waals surface area contributed by atoms with Gasteiger partial charge in [-0.05, 0) is 49.8 Å². The Kier molecular flexibility index (Phi) is 8.06. The first kappa shape index (κ1) is 25.9. The molecule has 1 amide bonds. The van der Waals surface area contributed by atoms with Gasteiger partial charge in [0.25, 0.3) is 0 Å². The minimum Gasteiger partial charge on any atom is -0.480 e. The maximum Gasteiger partial charge on any atom is 0.235 e. The Morgan fingerprint density at radius 1 is 1.47 bits per heavy atom. The third-order valence-electron chi connectivity index (χ3n) is 5.83. The Morgan fingerprint density at radius 2 is 2.28 bits per heavy atom. The first-order valence-electron chi connectivity index (χ1n) is 11.4. The number of thioether (sulfide) groups is 1. The van der Waals surface area contributed by atoms with Gasteiger partial charge in [-0.25, -0.2) is 8.78 Å². The van der Waals surface area contributed by atoms with Crippen LogP contribution in [0.1, 0.15) is 48.2 Å². The molecule has 11 heteroatoms. The van der Waals surface area contributed by atoms with Gasteiger partial charge in [-0.15, -0.1) is 28.1 Å². The minimum absolute atomic E-state index is 0.0565. The first-order chi connectivity index (χ1) is 17.3. The topological polar surface area (TPSA) is 92.8 Å². The highest BCUT2D eigenvalue weighted by Gasteiger charge is 2.25. The summed E-state index contributed by atoms with van der Waals surface area (Å²) in [6.07, 6.45) is 3.78. The van der Waals surface area contributed by atoms with E-state index in [0.29, 0.717) is 34.0 Å². The lowest BCUT2D eigenvalue weighted by Gasteiger charge is -2.17. The maximum atomic E-state index is 14.0. The smallest absolute Gasteiger partial charge is 0.235 e. The van der Waals surface area contributed by atoms with Gasteiger partial charge in [0.2, 0.25) is 5.91 Å². The highest BCUT2D eigenvalue weighted by molar-refractivity contribution is 7.99. The predicted molar refractivity (Wildman–Crippen MR) is 135 cm³/mol. The summed E-state index contributed by atoms with van der Waals surface area (Å²) in [5.41, 5.74) is 1.63. The molecule has 1 aliphatic carbocycles. The lowest BCUT2D eigenvalue weighted by Crippen LogP contribution is -2.16. The van der Waals surface area contributed by atoms with Crippen molar-refractivity contribution in [2.75, 3.05) is 11.1 Å². The number of thiophene rings is 1. The molecule has 2 heterocycles. The van der Waals surface area contributed by atoms with Gasteiger partial charge in [-0.3, -0.25) is 9.36 Å². The van der Waals surface area contributed by atoms with E-state index in [9.17, 15) is 18.8 Å². The molecule has 3 aromatic rings. The molecule has 1 aliphatic rings. The SMILES string of the molecule is C=CCn1c(SCC(=O)Nc2sc3c(c2C#N)CCC(C)C3)nnc1C(C)Oc1ccc(F)cc1F. The Balaban J connectivity index is 1.44. The van der Waals surface area contributed by atoms with Gasteiger partial charge in [0.1, 0.15) is 16.9 Å². The zero-order chi connectivity index (χ0) is 25.8. The molecule has 4 rings (SSSR count). The molecule has 7 nitrogen and oxygen atoms in total. The average Bonchev–Trinajstić information content (AvgIpc) is 3.39. The number of nitrogens with one attached hydrogen (secondary N) is 1. The van der Waals surface area contributed by atoms with E-state index in [1.807, 2.05) is 0 Å². The third-order valence-corrected chi connectivity index (χ3v) is 7.96. The zero-order valence-electron chi connectivity index (χ0n) is 19.9. The number of amides is 1. The molecule has 2 atom stereocenters. The predicted octanol–water partition coefficient (Wildman–Crippen LogP) is 5.67. The van der Waals surface area contributed by atoms with Crippen LogP contribution < -0.4 is 10.1 Å². The van der Waals surface area contributed by atoms with Gasteiger partial charge in [0, 0.05) is 17.5 Å². The van der Waals surface area contributed by atoms with E-state index in [2.05, 4.69) is 35.1 Å². The Bertz CT molecular complexity index is 1330. The molecule has 0 radical (unpaired) electrons. The molecule has 0 saturated heterocycles. The number of carbonyl (C=O) groups excluding carboxylic acids is 1. The van der Waals surface area contributed by atoms with Crippen LogP contribution in [0, 0.1) is 28.9 Å². The van der Waals surface area contributed by atoms with Crippen LogP contribution in [0.25, 0.3) is 0 Å². The number of aromatic nitrogens is 3. The van der Waals surface area contributed by atoms with E-state index < -0.39 is 17.7 Å². The largest absolute Gasteiger partial charge is 0.480 e. The monoisotopic (exact) mass is 529 g/mol. The molecule has 0 fully saturated rings. The second-order valence-corrected chi connectivity index (χ2v) is 10.6. The van der Waals surface area contributed by atoms with Crippen molar-refractivity contribution >= 4 is 34.0 Å². The molecule has 36 heavy (non-hydrogen) atoms. The molecule has 2 unspecified atom stereocenters. The van der Waals surface area contributed by atoms with Crippen molar-refractivity contribution in [2.45, 2.75) is 50.9 Å². The number of nitrogens with zero attached hydrogens (tertiary/aromatic N) is 4. The van der Waals surface area contributed by atoms with Crippen LogP contribution in [-0.4, -0.2) is 26.4 Å². The molecule has 1 N–H and O–H groups in total. The van der Waals surface area contributed by atoms with Crippen LogP contribution in [0.2, 0.25) is 0 Å². The fourth-order valence-corrected chi connectivity index (χ4v) is 6.20. The number of fused-ring (bicyclic) bond motifs is 1. The summed E-state index contributed by atoms with van der Waals surface area (Å²) in [5.74, 6) is -0.835. The van der Waals surface area contributed by atoms with Gasteiger partial charge in [-0.2, -0.15) is 5.26 Å². The Labute approximate surface area is 216 Å². The normalized spacial score (nSPS) is 15.6. The van der Waals surface area contributed by atoms with Crippen LogP contribution in [0.3, 0.4) is 0 Å². The number of hydrogen-bond acceptors (Lipinski definition) is 7. The van der Waals surface area contributed by atoms with Crippen LogP contribution in [0.5, 0.6) is 5.75 Å². The van der Waals surface area contributed by atoms with E-state index >= 15 is 0 Å². The number of rotatable bonds is 9. The molecular weight excluding hydrogens is 504 g/mol. The van der Waals surface area contributed by atoms with Gasteiger partial charge in [0.05, 0.1) is 11.3 Å². The minimum atomic E-state index is -0.815. The fourth-order valence-electron chi connectivity index (χ4n) is 4.07. The van der Waals surface area contributed by atoms with Crippen molar-refractivity contribution in [1.29, 1.82) is 5.26 Å². The number of nitriles is 1. The van der Waals surface area contributed by atoms with Crippen molar-refractivity contribution in [3.05, 3.63) is 64.3 Å². The first-order valence-corrected chi connectivity index (χ1v) is 13.2. The van der Waals surface area contributed by atoms with Crippen LogP contribution in [-0.2, 0) is 24.2 Å². The molecule has 2 aromatic heterocycles. The second-order valence-electron chi connectivity index (χ2n) is 8.58. The van der Waals surface area contributed by atoms with Crippen molar-refractivity contribution in [1.82, 2.24) is 14.8 Å². The number of allylic oxidation sites excluding steroid dienone is 1. The molecule has 188 valence electrons. The van der Waals surface area contributed by atoms with E-state index in [-0.39, 0.29) is 17.4 Å². The standard InChI is InChI=1S/C25H25F2N5O2S2/c1-4-9-32-23(15(3)34-20-8-6-16(26)11-19(20)27)30-31-25(32)35-13-22(33)29-24-18(12-28)17-7-5-14(2)10-21(17)36-24/h4,6,8,11,14-15H,1,5,7,9-10,13H2,2-3H3,(H,29,33). The van der Waals surface area contributed by atoms with E-state index in [4.69, 9.17) is 4.74 Å². The molecule has 0 aliphatic heterocycles. The van der Waals surface area contributed by atoms with E-state index in [0.717, 1.165) is 37.0 Å². The molecular formula is C25H25F2N5O2S2. The number of halogens is 2. The lowest BCUT2D eigenvalue weighted by molar-refractivity contribution is -0.113. The number of anilines is 1. The van der Waals surface area contributed by atoms with Gasteiger partial charge >= 0.3 is 0 Å². The zero-order valence-corrected chi connectivity index (χ0v) is 21.5. The number of hydrogen-bond donors (Lipinski definition) is 1. The summed E-state index contributed by atoms with van der Waals surface area (Å²) in [7, 11) is 0. The van der Waals surface area contributed by atoms with Crippen LogP contribution >= 0.6 is 23.1 Å². The molecule has 0 saturated carbocycles. The van der Waals surface area contributed by atoms with Crippen molar-refractivity contribution < 1.29 is 18.3 Å². The van der Waals surface area contributed by atoms with Gasteiger partial charge in [0.15, 0.2) is 28.7 Å². The number of ether oxygens (including phenoxy) is 1. The third kappa shape index (κ3) is 5.60. The molecule has 0 spiro atoms. The van der Waals surface area contributed by atoms with Crippen molar-refractivity contribution in [3.8, 4) is 11.8 Å². The van der Waals surface area contributed by atoms with Gasteiger partial charge in [-0.1, -0.05) is 24.8 Å². The number of carbonyl (C=O) groups is 1. The van der Waals surface area contributed by atoms with Crippen LogP contribution in [0.15, 0.2) is 36.0 Å². The van der Waals surface area contributed by atoms with Crippen molar-refractivity contribution in [2.24, 2.45) is 5.92 Å². The summed E-state index contributed by atoms with van der Waals surface area (Å²) in [6, 6.07) is 5.33.